The van der Waals surface area contributed by atoms with Gasteiger partial charge in [-0.3, -0.25) is 0 Å². The smallest absolute Gasteiger partial charge is 0.116 e. The van der Waals surface area contributed by atoms with Gasteiger partial charge in [-0.25, -0.2) is 0 Å². The van der Waals surface area contributed by atoms with Crippen LogP contribution in [0.3, 0.4) is 0 Å². The molecule has 0 bridgehead atoms. The van der Waals surface area contributed by atoms with Crippen LogP contribution in [0.2, 0.25) is 0 Å². The summed E-state index contributed by atoms with van der Waals surface area (Å²) in [5.74, 6) is 0.693. The Morgan fingerprint density at radius 1 is 1.26 bits per heavy atom. The molecule has 0 spiro atoms. The summed E-state index contributed by atoms with van der Waals surface area (Å²) in [6.45, 7) is 7.10. The van der Waals surface area contributed by atoms with Crippen LogP contribution in [-0.4, -0.2) is 19.8 Å². The average molecular weight is 258 g/mol. The molecule has 1 aliphatic rings. The highest BCUT2D eigenvalue weighted by atomic mass is 16.5. The SMILES string of the molecule is CC(C)Cc1ccc(CNCC2(C#N)COC2)cc1. The van der Waals surface area contributed by atoms with Crippen molar-refractivity contribution in [1.82, 2.24) is 5.32 Å². The monoisotopic (exact) mass is 258 g/mol. The van der Waals surface area contributed by atoms with Crippen LogP contribution in [0.1, 0.15) is 25.0 Å². The maximum Gasteiger partial charge on any atom is 0.116 e. The topological polar surface area (TPSA) is 45.0 Å². The van der Waals surface area contributed by atoms with Crippen LogP contribution in [0.25, 0.3) is 0 Å². The minimum atomic E-state index is -0.294. The first-order chi connectivity index (χ1) is 9.13. The van der Waals surface area contributed by atoms with Crippen molar-refractivity contribution in [2.45, 2.75) is 26.8 Å². The molecule has 1 N–H and O–H groups in total. The second-order valence-corrected chi connectivity index (χ2v) is 5.90. The molecule has 0 radical (unpaired) electrons. The highest BCUT2D eigenvalue weighted by molar-refractivity contribution is 5.22. The van der Waals surface area contributed by atoms with E-state index in [1.54, 1.807) is 0 Å². The van der Waals surface area contributed by atoms with Crippen LogP contribution >= 0.6 is 0 Å². The standard InChI is InChI=1S/C16H22N2O/c1-13(2)7-14-3-5-15(6-4-14)8-18-10-16(9-17)11-19-12-16/h3-6,13,18H,7-8,10-12H2,1-2H3. The van der Waals surface area contributed by atoms with E-state index < -0.39 is 0 Å². The third kappa shape index (κ3) is 3.79. The van der Waals surface area contributed by atoms with Crippen molar-refractivity contribution in [3.8, 4) is 6.07 Å². The third-order valence-electron chi connectivity index (χ3n) is 3.45. The van der Waals surface area contributed by atoms with Crippen molar-refractivity contribution in [2.75, 3.05) is 19.8 Å². The molecule has 19 heavy (non-hydrogen) atoms. The van der Waals surface area contributed by atoms with Gasteiger partial charge in [0.15, 0.2) is 0 Å². The highest BCUT2D eigenvalue weighted by Gasteiger charge is 2.38. The Bertz CT molecular complexity index is 441. The molecule has 0 aliphatic carbocycles. The first kappa shape index (κ1) is 14.0. The minimum Gasteiger partial charge on any atom is -0.378 e. The largest absolute Gasteiger partial charge is 0.378 e. The lowest BCUT2D eigenvalue weighted by Crippen LogP contribution is -2.48. The Morgan fingerprint density at radius 2 is 1.89 bits per heavy atom. The molecule has 1 saturated heterocycles. The highest BCUT2D eigenvalue weighted by Crippen LogP contribution is 2.25. The van der Waals surface area contributed by atoms with Crippen molar-refractivity contribution in [3.05, 3.63) is 35.4 Å². The van der Waals surface area contributed by atoms with Crippen molar-refractivity contribution in [3.63, 3.8) is 0 Å². The number of ether oxygens (including phenoxy) is 1. The molecule has 1 aromatic carbocycles. The van der Waals surface area contributed by atoms with Gasteiger partial charge in [0.1, 0.15) is 5.41 Å². The van der Waals surface area contributed by atoms with E-state index in [1.807, 2.05) is 0 Å². The molecular weight excluding hydrogens is 236 g/mol. The van der Waals surface area contributed by atoms with E-state index in [4.69, 9.17) is 10.00 Å². The Morgan fingerprint density at radius 3 is 2.37 bits per heavy atom. The summed E-state index contributed by atoms with van der Waals surface area (Å²) >= 11 is 0. The van der Waals surface area contributed by atoms with Crippen molar-refractivity contribution >= 4 is 0 Å². The molecular formula is C16H22N2O. The van der Waals surface area contributed by atoms with Gasteiger partial charge in [-0.2, -0.15) is 5.26 Å². The molecule has 1 aliphatic heterocycles. The van der Waals surface area contributed by atoms with E-state index in [2.05, 4.69) is 49.5 Å². The molecule has 3 nitrogen and oxygen atoms in total. The van der Waals surface area contributed by atoms with Gasteiger partial charge >= 0.3 is 0 Å². The lowest BCUT2D eigenvalue weighted by Gasteiger charge is -2.35. The quantitative estimate of drug-likeness (QED) is 0.852. The van der Waals surface area contributed by atoms with Gasteiger partial charge in [0.05, 0.1) is 19.3 Å². The second-order valence-electron chi connectivity index (χ2n) is 5.90. The fraction of sp³-hybridized carbons (Fsp3) is 0.562. The summed E-state index contributed by atoms with van der Waals surface area (Å²) in [6, 6.07) is 11.1. The summed E-state index contributed by atoms with van der Waals surface area (Å²) in [5, 5.41) is 12.4. The van der Waals surface area contributed by atoms with Crippen LogP contribution in [-0.2, 0) is 17.7 Å². The summed E-state index contributed by atoms with van der Waals surface area (Å²) in [7, 11) is 0. The molecule has 102 valence electrons. The van der Waals surface area contributed by atoms with E-state index >= 15 is 0 Å². The maximum atomic E-state index is 9.08. The molecule has 0 saturated carbocycles. The summed E-state index contributed by atoms with van der Waals surface area (Å²) in [4.78, 5) is 0. The molecule has 0 aromatic heterocycles. The molecule has 0 unspecified atom stereocenters. The lowest BCUT2D eigenvalue weighted by atomic mass is 9.88. The predicted octanol–water partition coefficient (Wildman–Crippen LogP) is 2.51. The third-order valence-corrected chi connectivity index (χ3v) is 3.45. The Labute approximate surface area is 115 Å². The van der Waals surface area contributed by atoms with Gasteiger partial charge < -0.3 is 10.1 Å². The van der Waals surface area contributed by atoms with E-state index in [0.717, 1.165) is 13.0 Å². The first-order valence-corrected chi connectivity index (χ1v) is 6.91. The molecule has 1 aromatic rings. The fourth-order valence-electron chi connectivity index (χ4n) is 2.27. The molecule has 2 rings (SSSR count). The van der Waals surface area contributed by atoms with Gasteiger partial charge in [0, 0.05) is 13.1 Å². The average Bonchev–Trinajstić information content (AvgIpc) is 2.34. The van der Waals surface area contributed by atoms with Gasteiger partial charge in [0.25, 0.3) is 0 Å². The van der Waals surface area contributed by atoms with Gasteiger partial charge in [-0.15, -0.1) is 0 Å². The van der Waals surface area contributed by atoms with Gasteiger partial charge in [-0.1, -0.05) is 38.1 Å². The van der Waals surface area contributed by atoms with Crippen LogP contribution in [0.4, 0.5) is 0 Å². The van der Waals surface area contributed by atoms with Crippen LogP contribution in [0.15, 0.2) is 24.3 Å². The predicted molar refractivity (Wildman–Crippen MR) is 75.6 cm³/mol. The number of rotatable bonds is 6. The molecule has 3 heteroatoms. The van der Waals surface area contributed by atoms with E-state index in [1.165, 1.54) is 11.1 Å². The molecule has 1 fully saturated rings. The zero-order valence-corrected chi connectivity index (χ0v) is 11.8. The van der Waals surface area contributed by atoms with E-state index in [-0.39, 0.29) is 5.41 Å². The zero-order valence-electron chi connectivity index (χ0n) is 11.8. The first-order valence-electron chi connectivity index (χ1n) is 6.91. The fourth-order valence-corrected chi connectivity index (χ4v) is 2.27. The normalized spacial score (nSPS) is 16.9. The Hall–Kier alpha value is -1.37. The number of hydrogen-bond acceptors (Lipinski definition) is 3. The Balaban J connectivity index is 1.79. The van der Waals surface area contributed by atoms with Crippen molar-refractivity contribution in [1.29, 1.82) is 5.26 Å². The Kier molecular flexibility index (Phi) is 4.57. The lowest BCUT2D eigenvalue weighted by molar-refractivity contribution is -0.0755. The number of nitrogens with zero attached hydrogens (tertiary/aromatic N) is 1. The van der Waals surface area contributed by atoms with Crippen molar-refractivity contribution < 1.29 is 4.74 Å². The number of nitriles is 1. The zero-order chi connectivity index (χ0) is 13.7. The second kappa shape index (κ2) is 6.18. The van der Waals surface area contributed by atoms with Crippen LogP contribution < -0.4 is 5.32 Å². The summed E-state index contributed by atoms with van der Waals surface area (Å²) in [6.07, 6.45) is 1.13. The number of nitrogens with one attached hydrogen (secondary N) is 1. The number of benzene rings is 1. The van der Waals surface area contributed by atoms with E-state index in [9.17, 15) is 0 Å². The van der Waals surface area contributed by atoms with Gasteiger partial charge in [-0.05, 0) is 23.5 Å². The van der Waals surface area contributed by atoms with Crippen LogP contribution in [0.5, 0.6) is 0 Å². The maximum absolute atomic E-state index is 9.08. The van der Waals surface area contributed by atoms with Crippen molar-refractivity contribution in [2.24, 2.45) is 11.3 Å². The molecule has 0 atom stereocenters. The minimum absolute atomic E-state index is 0.294. The van der Waals surface area contributed by atoms with Crippen LogP contribution in [0, 0.1) is 22.7 Å². The molecule has 1 heterocycles. The number of hydrogen-bond donors (Lipinski definition) is 1. The van der Waals surface area contributed by atoms with Gasteiger partial charge in [0.2, 0.25) is 0 Å². The van der Waals surface area contributed by atoms with E-state index in [0.29, 0.717) is 25.7 Å². The summed E-state index contributed by atoms with van der Waals surface area (Å²) in [5.41, 5.74) is 2.36. The summed E-state index contributed by atoms with van der Waals surface area (Å²) < 4.78 is 5.12. The molecule has 0 amide bonds.